The number of carboxylic acids is 1. The molecule has 0 saturated heterocycles. The molecule has 0 aliphatic rings. The maximum Gasteiger partial charge on any atom is 0.323 e. The number of nitrogens with zero attached hydrogens (tertiary/aromatic N) is 1. The number of carbonyl (C=O) groups excluding carboxylic acids is 1. The van der Waals surface area contributed by atoms with E-state index in [1.165, 1.54) is 7.05 Å². The van der Waals surface area contributed by atoms with Gasteiger partial charge in [0, 0.05) is 19.1 Å². The molecule has 2 amide bonds. The smallest absolute Gasteiger partial charge is 0.323 e. The molecular formula is C9H19N3O5S. The first-order chi connectivity index (χ1) is 7.93. The van der Waals surface area contributed by atoms with Crippen molar-refractivity contribution in [3.05, 3.63) is 0 Å². The molecule has 0 aliphatic carbocycles. The van der Waals surface area contributed by atoms with Gasteiger partial charge in [-0.05, 0) is 13.8 Å². The van der Waals surface area contributed by atoms with Gasteiger partial charge in [0.05, 0.1) is 6.26 Å². The van der Waals surface area contributed by atoms with Gasteiger partial charge >= 0.3 is 12.0 Å². The highest BCUT2D eigenvalue weighted by atomic mass is 32.2. The molecule has 0 heterocycles. The van der Waals surface area contributed by atoms with Crippen molar-refractivity contribution in [3.8, 4) is 0 Å². The van der Waals surface area contributed by atoms with Crippen LogP contribution in [0, 0.1) is 0 Å². The molecule has 0 unspecified atom stereocenters. The second kappa shape index (κ2) is 6.01. The Balaban J connectivity index is 4.31. The number of urea groups is 1. The summed E-state index contributed by atoms with van der Waals surface area (Å²) in [6, 6.07) is -0.583. The zero-order chi connectivity index (χ0) is 14.6. The van der Waals surface area contributed by atoms with E-state index in [9.17, 15) is 18.0 Å². The standard InChI is InChI=1S/C9H19N3O5S/c1-9(2,11-18(4,16)17)6-10-8(15)12(3)5-7(13)14/h11H,5-6H2,1-4H3,(H,10,15)(H,13,14). The highest BCUT2D eigenvalue weighted by Crippen LogP contribution is 2.02. The van der Waals surface area contributed by atoms with E-state index < -0.39 is 34.1 Å². The summed E-state index contributed by atoms with van der Waals surface area (Å²) >= 11 is 0. The first-order valence-corrected chi connectivity index (χ1v) is 7.02. The van der Waals surface area contributed by atoms with Crippen molar-refractivity contribution in [3.63, 3.8) is 0 Å². The number of hydrogen-bond acceptors (Lipinski definition) is 4. The number of likely N-dealkylation sites (N-methyl/N-ethyl adjacent to an activating group) is 1. The van der Waals surface area contributed by atoms with Gasteiger partial charge in [0.2, 0.25) is 10.0 Å². The second-order valence-corrected chi connectivity index (χ2v) is 6.42. The lowest BCUT2D eigenvalue weighted by molar-refractivity contribution is -0.137. The summed E-state index contributed by atoms with van der Waals surface area (Å²) in [7, 11) is -2.04. The Morgan fingerprint density at radius 3 is 2.22 bits per heavy atom. The van der Waals surface area contributed by atoms with E-state index in [0.717, 1.165) is 11.2 Å². The highest BCUT2D eigenvalue weighted by molar-refractivity contribution is 7.88. The van der Waals surface area contributed by atoms with Crippen LogP contribution >= 0.6 is 0 Å². The average molecular weight is 281 g/mol. The SMILES string of the molecule is CN(CC(=O)O)C(=O)NCC(C)(C)NS(C)(=O)=O. The normalized spacial score (nSPS) is 12.0. The van der Waals surface area contributed by atoms with Crippen LogP contribution in [0.4, 0.5) is 4.79 Å². The molecule has 0 aromatic heterocycles. The zero-order valence-corrected chi connectivity index (χ0v) is 11.7. The van der Waals surface area contributed by atoms with Crippen LogP contribution in [0.25, 0.3) is 0 Å². The first-order valence-electron chi connectivity index (χ1n) is 5.13. The van der Waals surface area contributed by atoms with Gasteiger partial charge in [-0.25, -0.2) is 17.9 Å². The summed E-state index contributed by atoms with van der Waals surface area (Å²) in [6.45, 7) is 2.83. The third kappa shape index (κ3) is 7.85. The number of nitrogens with one attached hydrogen (secondary N) is 2. The van der Waals surface area contributed by atoms with Crippen molar-refractivity contribution in [1.29, 1.82) is 0 Å². The summed E-state index contributed by atoms with van der Waals surface area (Å²) in [5, 5.41) is 10.9. The fourth-order valence-corrected chi connectivity index (χ4v) is 2.32. The Kier molecular flexibility index (Phi) is 5.55. The minimum absolute atomic E-state index is 0.0445. The first kappa shape index (κ1) is 16.6. The van der Waals surface area contributed by atoms with E-state index in [1.54, 1.807) is 13.8 Å². The van der Waals surface area contributed by atoms with Gasteiger partial charge in [-0.15, -0.1) is 0 Å². The van der Waals surface area contributed by atoms with Crippen LogP contribution in [0.3, 0.4) is 0 Å². The van der Waals surface area contributed by atoms with E-state index in [1.807, 2.05) is 0 Å². The molecule has 0 bridgehead atoms. The average Bonchev–Trinajstić information content (AvgIpc) is 2.09. The summed E-state index contributed by atoms with van der Waals surface area (Å²) in [5.74, 6) is -1.12. The van der Waals surface area contributed by atoms with E-state index in [2.05, 4.69) is 10.0 Å². The van der Waals surface area contributed by atoms with E-state index in [-0.39, 0.29) is 6.54 Å². The second-order valence-electron chi connectivity index (χ2n) is 4.67. The van der Waals surface area contributed by atoms with Crippen LogP contribution in [0.1, 0.15) is 13.8 Å². The number of aliphatic carboxylic acids is 1. The lowest BCUT2D eigenvalue weighted by atomic mass is 10.1. The van der Waals surface area contributed by atoms with Crippen molar-refractivity contribution in [2.24, 2.45) is 0 Å². The highest BCUT2D eigenvalue weighted by Gasteiger charge is 2.23. The quantitative estimate of drug-likeness (QED) is 0.580. The Morgan fingerprint density at radius 1 is 1.33 bits per heavy atom. The molecule has 106 valence electrons. The molecule has 3 N–H and O–H groups in total. The maximum absolute atomic E-state index is 11.5. The van der Waals surface area contributed by atoms with E-state index >= 15 is 0 Å². The summed E-state index contributed by atoms with van der Waals surface area (Å²) in [6.07, 6.45) is 1.02. The van der Waals surface area contributed by atoms with Gasteiger partial charge < -0.3 is 15.3 Å². The maximum atomic E-state index is 11.5. The summed E-state index contributed by atoms with van der Waals surface area (Å²) in [5.41, 5.74) is -0.854. The van der Waals surface area contributed by atoms with Gasteiger partial charge in [0.25, 0.3) is 0 Å². The molecule has 0 rings (SSSR count). The van der Waals surface area contributed by atoms with Gasteiger partial charge in [0.15, 0.2) is 0 Å². The van der Waals surface area contributed by atoms with Gasteiger partial charge in [-0.2, -0.15) is 0 Å². The van der Waals surface area contributed by atoms with Crippen molar-refractivity contribution in [1.82, 2.24) is 14.9 Å². The lowest BCUT2D eigenvalue weighted by Crippen LogP contribution is -2.53. The van der Waals surface area contributed by atoms with Gasteiger partial charge in [0.1, 0.15) is 6.54 Å². The molecule has 8 nitrogen and oxygen atoms in total. The molecule has 0 atom stereocenters. The van der Waals surface area contributed by atoms with E-state index in [4.69, 9.17) is 5.11 Å². The molecule has 0 fully saturated rings. The molecule has 9 heteroatoms. The number of carbonyl (C=O) groups is 2. The van der Waals surface area contributed by atoms with Crippen LogP contribution in [-0.4, -0.2) is 62.4 Å². The predicted octanol–water partition coefficient (Wildman–Crippen LogP) is -0.960. The van der Waals surface area contributed by atoms with Crippen molar-refractivity contribution >= 4 is 22.0 Å². The van der Waals surface area contributed by atoms with E-state index in [0.29, 0.717) is 0 Å². The van der Waals surface area contributed by atoms with Crippen LogP contribution in [0.2, 0.25) is 0 Å². The third-order valence-corrected chi connectivity index (χ3v) is 2.79. The Labute approximate surface area is 106 Å². The lowest BCUT2D eigenvalue weighted by Gasteiger charge is -2.26. The number of carboxylic acid groups (broad SMARTS) is 1. The summed E-state index contributed by atoms with van der Waals surface area (Å²) in [4.78, 5) is 22.8. The van der Waals surface area contributed by atoms with Gasteiger partial charge in [-0.3, -0.25) is 4.79 Å². The van der Waals surface area contributed by atoms with Crippen LogP contribution < -0.4 is 10.0 Å². The number of rotatable bonds is 6. The Morgan fingerprint density at radius 2 is 1.83 bits per heavy atom. The molecule has 0 spiro atoms. The largest absolute Gasteiger partial charge is 0.480 e. The molecule has 0 aromatic rings. The fraction of sp³-hybridized carbons (Fsp3) is 0.778. The number of hydrogen-bond donors (Lipinski definition) is 3. The Hall–Kier alpha value is -1.35. The molecule has 0 aliphatic heterocycles. The van der Waals surface area contributed by atoms with Crippen molar-refractivity contribution < 1.29 is 23.1 Å². The minimum atomic E-state index is -3.38. The predicted molar refractivity (Wildman–Crippen MR) is 65.7 cm³/mol. The topological polar surface area (TPSA) is 116 Å². The van der Waals surface area contributed by atoms with Crippen LogP contribution in [0.5, 0.6) is 0 Å². The number of amides is 2. The molecule has 0 saturated carbocycles. The van der Waals surface area contributed by atoms with Crippen molar-refractivity contribution in [2.75, 3.05) is 26.4 Å². The monoisotopic (exact) mass is 281 g/mol. The number of sulfonamides is 1. The van der Waals surface area contributed by atoms with Crippen molar-refractivity contribution in [2.45, 2.75) is 19.4 Å². The fourth-order valence-electron chi connectivity index (χ4n) is 1.24. The Bertz CT molecular complexity index is 418. The molecule has 0 radical (unpaired) electrons. The molecule has 0 aromatic carbocycles. The summed E-state index contributed by atoms with van der Waals surface area (Å²) < 4.78 is 24.5. The minimum Gasteiger partial charge on any atom is -0.480 e. The molecular weight excluding hydrogens is 262 g/mol. The van der Waals surface area contributed by atoms with Gasteiger partial charge in [-0.1, -0.05) is 0 Å². The zero-order valence-electron chi connectivity index (χ0n) is 10.8. The van der Waals surface area contributed by atoms with Crippen LogP contribution in [0.15, 0.2) is 0 Å². The third-order valence-electron chi connectivity index (χ3n) is 1.86. The molecule has 18 heavy (non-hydrogen) atoms. The van der Waals surface area contributed by atoms with Crippen LogP contribution in [-0.2, 0) is 14.8 Å².